The monoisotopic (exact) mass is 343 g/mol. The lowest BCUT2D eigenvalue weighted by molar-refractivity contribution is -0.160. The highest BCUT2D eigenvalue weighted by molar-refractivity contribution is 5.80. The van der Waals surface area contributed by atoms with Crippen molar-refractivity contribution < 1.29 is 14.7 Å². The zero-order valence-electron chi connectivity index (χ0n) is 14.6. The van der Waals surface area contributed by atoms with Gasteiger partial charge in [-0.1, -0.05) is 30.3 Å². The van der Waals surface area contributed by atoms with Crippen molar-refractivity contribution in [2.24, 2.45) is 0 Å². The largest absolute Gasteiger partial charge is 0.392 e. The molecule has 0 bridgehead atoms. The Morgan fingerprint density at radius 1 is 1.12 bits per heavy atom. The average Bonchev–Trinajstić information content (AvgIpc) is 2.93. The Hall–Kier alpha value is -1.92. The van der Waals surface area contributed by atoms with E-state index in [4.69, 9.17) is 0 Å². The Kier molecular flexibility index (Phi) is 4.04. The standard InChI is InChI=1S/C19H25N3O3/c1-14(23)20-9-16-8-17(24)10-22(16)19(11-20)12-21(13-19)18(25)7-15-5-3-2-4-6-15/h2-6,16-17,24H,7-13H2,1H3/t16-,17+/m0/s1. The first kappa shape index (κ1) is 16.5. The number of β-amino-alcohol motifs (C(OH)–C–C–N with tert-alkyl or cyclic N) is 1. The highest BCUT2D eigenvalue weighted by atomic mass is 16.3. The number of piperazine rings is 1. The summed E-state index contributed by atoms with van der Waals surface area (Å²) in [5.74, 6) is 0.211. The fraction of sp³-hybridized carbons (Fsp3) is 0.579. The molecule has 0 aliphatic carbocycles. The van der Waals surface area contributed by atoms with E-state index in [1.54, 1.807) is 6.92 Å². The maximum atomic E-state index is 12.6. The van der Waals surface area contributed by atoms with Gasteiger partial charge in [-0.2, -0.15) is 0 Å². The smallest absolute Gasteiger partial charge is 0.227 e. The third-order valence-corrected chi connectivity index (χ3v) is 5.88. The normalized spacial score (nSPS) is 27.9. The van der Waals surface area contributed by atoms with Gasteiger partial charge >= 0.3 is 0 Å². The van der Waals surface area contributed by atoms with Gasteiger partial charge in [0.15, 0.2) is 0 Å². The number of hydrogen-bond acceptors (Lipinski definition) is 4. The molecular formula is C19H25N3O3. The first-order valence-electron chi connectivity index (χ1n) is 8.99. The number of carbonyl (C=O) groups excluding carboxylic acids is 2. The molecule has 0 radical (unpaired) electrons. The molecular weight excluding hydrogens is 318 g/mol. The minimum absolute atomic E-state index is 0.0782. The molecule has 0 saturated carbocycles. The number of benzene rings is 1. The summed E-state index contributed by atoms with van der Waals surface area (Å²) in [6.45, 7) is 4.88. The lowest BCUT2D eigenvalue weighted by atomic mass is 9.83. The van der Waals surface area contributed by atoms with Gasteiger partial charge in [-0.3, -0.25) is 14.5 Å². The molecule has 2 atom stereocenters. The highest BCUT2D eigenvalue weighted by Crippen LogP contribution is 2.39. The van der Waals surface area contributed by atoms with E-state index in [1.807, 2.05) is 40.1 Å². The molecule has 0 aromatic heterocycles. The Morgan fingerprint density at radius 2 is 1.80 bits per heavy atom. The van der Waals surface area contributed by atoms with Gasteiger partial charge in [-0.15, -0.1) is 0 Å². The molecule has 3 aliphatic heterocycles. The molecule has 0 unspecified atom stereocenters. The Balaban J connectivity index is 1.45. The predicted octanol–water partition coefficient (Wildman–Crippen LogP) is 0.107. The minimum atomic E-state index is -0.331. The molecule has 3 heterocycles. The van der Waals surface area contributed by atoms with Gasteiger partial charge in [0.25, 0.3) is 0 Å². The van der Waals surface area contributed by atoms with E-state index in [0.29, 0.717) is 45.6 Å². The summed E-state index contributed by atoms with van der Waals surface area (Å²) >= 11 is 0. The van der Waals surface area contributed by atoms with Gasteiger partial charge in [0.2, 0.25) is 11.8 Å². The van der Waals surface area contributed by atoms with Crippen LogP contribution in [0.4, 0.5) is 0 Å². The van der Waals surface area contributed by atoms with Crippen LogP contribution in [-0.4, -0.2) is 82.0 Å². The maximum absolute atomic E-state index is 12.6. The first-order valence-corrected chi connectivity index (χ1v) is 8.99. The molecule has 3 saturated heterocycles. The second-order valence-corrected chi connectivity index (χ2v) is 7.73. The molecule has 3 aliphatic rings. The van der Waals surface area contributed by atoms with Gasteiger partial charge in [0.1, 0.15) is 0 Å². The minimum Gasteiger partial charge on any atom is -0.392 e. The van der Waals surface area contributed by atoms with Gasteiger partial charge in [-0.25, -0.2) is 0 Å². The lowest BCUT2D eigenvalue weighted by Crippen LogP contribution is -2.79. The van der Waals surface area contributed by atoms with Crippen molar-refractivity contribution in [3.63, 3.8) is 0 Å². The molecule has 1 spiro atoms. The van der Waals surface area contributed by atoms with Crippen molar-refractivity contribution in [2.75, 3.05) is 32.7 Å². The van der Waals surface area contributed by atoms with Crippen molar-refractivity contribution >= 4 is 11.8 Å². The quantitative estimate of drug-likeness (QED) is 0.828. The first-order chi connectivity index (χ1) is 12.0. The third kappa shape index (κ3) is 2.93. The summed E-state index contributed by atoms with van der Waals surface area (Å²) in [4.78, 5) is 30.6. The van der Waals surface area contributed by atoms with Crippen molar-refractivity contribution in [3.8, 4) is 0 Å². The molecule has 3 fully saturated rings. The number of rotatable bonds is 2. The predicted molar refractivity (Wildman–Crippen MR) is 92.8 cm³/mol. The summed E-state index contributed by atoms with van der Waals surface area (Å²) in [5, 5.41) is 10.1. The number of likely N-dealkylation sites (tertiary alicyclic amines) is 1. The van der Waals surface area contributed by atoms with E-state index in [1.165, 1.54) is 0 Å². The SMILES string of the molecule is CC(=O)N1C[C@@H]2C[C@@H](O)CN2C2(C1)CN(C(=O)Cc1ccccc1)C2. The second-order valence-electron chi connectivity index (χ2n) is 7.73. The number of hydrogen-bond donors (Lipinski definition) is 1. The molecule has 6 nitrogen and oxygen atoms in total. The summed E-state index contributed by atoms with van der Waals surface area (Å²) in [7, 11) is 0. The molecule has 6 heteroatoms. The van der Waals surface area contributed by atoms with Gasteiger partial charge in [0.05, 0.1) is 18.1 Å². The zero-order chi connectivity index (χ0) is 17.6. The van der Waals surface area contributed by atoms with Crippen LogP contribution in [0.25, 0.3) is 0 Å². The highest BCUT2D eigenvalue weighted by Gasteiger charge is 2.57. The molecule has 2 amide bonds. The van der Waals surface area contributed by atoms with Gasteiger partial charge in [-0.05, 0) is 12.0 Å². The second kappa shape index (κ2) is 6.11. The molecule has 25 heavy (non-hydrogen) atoms. The number of aliphatic hydroxyl groups is 1. The van der Waals surface area contributed by atoms with Crippen LogP contribution >= 0.6 is 0 Å². The fourth-order valence-corrected chi connectivity index (χ4v) is 4.66. The third-order valence-electron chi connectivity index (χ3n) is 5.88. The Morgan fingerprint density at radius 3 is 2.48 bits per heavy atom. The number of amides is 2. The van der Waals surface area contributed by atoms with Gasteiger partial charge < -0.3 is 14.9 Å². The van der Waals surface area contributed by atoms with Crippen LogP contribution in [0.1, 0.15) is 18.9 Å². The molecule has 1 aromatic carbocycles. The van der Waals surface area contributed by atoms with E-state index in [0.717, 1.165) is 5.56 Å². The average molecular weight is 343 g/mol. The summed E-state index contributed by atoms with van der Waals surface area (Å²) in [6, 6.07) is 9.99. The Labute approximate surface area is 148 Å². The van der Waals surface area contributed by atoms with Crippen LogP contribution in [0.3, 0.4) is 0 Å². The summed E-state index contributed by atoms with van der Waals surface area (Å²) in [6.07, 6.45) is 0.797. The van der Waals surface area contributed by atoms with E-state index >= 15 is 0 Å². The summed E-state index contributed by atoms with van der Waals surface area (Å²) < 4.78 is 0. The van der Waals surface area contributed by atoms with Crippen molar-refractivity contribution in [1.29, 1.82) is 0 Å². The molecule has 1 N–H and O–H groups in total. The summed E-state index contributed by atoms with van der Waals surface area (Å²) in [5.41, 5.74) is 0.843. The van der Waals surface area contributed by atoms with Crippen LogP contribution < -0.4 is 0 Å². The molecule has 1 aromatic rings. The van der Waals surface area contributed by atoms with Crippen LogP contribution in [-0.2, 0) is 16.0 Å². The lowest BCUT2D eigenvalue weighted by Gasteiger charge is -2.60. The number of nitrogens with zero attached hydrogens (tertiary/aromatic N) is 3. The van der Waals surface area contributed by atoms with Gasteiger partial charge in [0, 0.05) is 45.7 Å². The van der Waals surface area contributed by atoms with Crippen LogP contribution in [0.5, 0.6) is 0 Å². The van der Waals surface area contributed by atoms with Crippen molar-refractivity contribution in [1.82, 2.24) is 14.7 Å². The number of aliphatic hydroxyl groups excluding tert-OH is 1. The van der Waals surface area contributed by atoms with Crippen LogP contribution in [0.15, 0.2) is 30.3 Å². The van der Waals surface area contributed by atoms with E-state index in [2.05, 4.69) is 4.90 Å². The maximum Gasteiger partial charge on any atom is 0.227 e. The van der Waals surface area contributed by atoms with Crippen LogP contribution in [0, 0.1) is 0 Å². The molecule has 4 rings (SSSR count). The zero-order valence-corrected chi connectivity index (χ0v) is 14.6. The van der Waals surface area contributed by atoms with E-state index < -0.39 is 0 Å². The van der Waals surface area contributed by atoms with E-state index in [-0.39, 0.29) is 29.5 Å². The van der Waals surface area contributed by atoms with Crippen molar-refractivity contribution in [3.05, 3.63) is 35.9 Å². The topological polar surface area (TPSA) is 64.1 Å². The van der Waals surface area contributed by atoms with E-state index in [9.17, 15) is 14.7 Å². The fourth-order valence-electron chi connectivity index (χ4n) is 4.66. The van der Waals surface area contributed by atoms with Crippen LogP contribution in [0.2, 0.25) is 0 Å². The Bertz CT molecular complexity index is 672. The number of fused-ring (bicyclic) bond motifs is 2. The van der Waals surface area contributed by atoms with Crippen molar-refractivity contribution in [2.45, 2.75) is 37.5 Å². The number of carbonyl (C=O) groups is 2. The molecule has 134 valence electrons.